The summed E-state index contributed by atoms with van der Waals surface area (Å²) in [5, 5.41) is 3.69. The Morgan fingerprint density at radius 3 is 2.71 bits per heavy atom. The van der Waals surface area contributed by atoms with Gasteiger partial charge < -0.3 is 5.32 Å². The van der Waals surface area contributed by atoms with E-state index in [-0.39, 0.29) is 0 Å². The van der Waals surface area contributed by atoms with Crippen molar-refractivity contribution >= 4 is 40.2 Å². The van der Waals surface area contributed by atoms with Crippen LogP contribution in [0.15, 0.2) is 58.4 Å². The molecule has 1 aliphatic heterocycles. The van der Waals surface area contributed by atoms with Crippen molar-refractivity contribution in [2.45, 2.75) is 48.4 Å². The molecule has 4 heteroatoms. The molecule has 2 unspecified atom stereocenters. The molecule has 1 fully saturated rings. The zero-order valence-electron chi connectivity index (χ0n) is 13.5. The van der Waals surface area contributed by atoms with Crippen LogP contribution in [0.1, 0.15) is 36.8 Å². The van der Waals surface area contributed by atoms with Crippen LogP contribution >= 0.6 is 34.4 Å². The predicted molar refractivity (Wildman–Crippen MR) is 111 cm³/mol. The van der Waals surface area contributed by atoms with Crippen LogP contribution in [-0.2, 0) is 5.75 Å². The number of amidine groups is 1. The number of thioether (sulfide) groups is 1. The van der Waals surface area contributed by atoms with Gasteiger partial charge in [0.05, 0.1) is 6.04 Å². The fourth-order valence-electron chi connectivity index (χ4n) is 3.52. The molecule has 2 aromatic carbocycles. The Hall–Kier alpha value is -1.01. The van der Waals surface area contributed by atoms with Gasteiger partial charge in [0.15, 0.2) is 0 Å². The van der Waals surface area contributed by atoms with Crippen LogP contribution in [0.3, 0.4) is 0 Å². The predicted octanol–water partition coefficient (Wildman–Crippen LogP) is 5.24. The van der Waals surface area contributed by atoms with Crippen LogP contribution in [0.4, 0.5) is 0 Å². The Kier molecular flexibility index (Phi) is 5.13. The summed E-state index contributed by atoms with van der Waals surface area (Å²) in [5.41, 5.74) is 2.66. The Balaban J connectivity index is 1.54. The molecule has 2 atom stereocenters. The van der Waals surface area contributed by atoms with Crippen LogP contribution in [0.5, 0.6) is 0 Å². The van der Waals surface area contributed by atoms with Crippen molar-refractivity contribution < 1.29 is 0 Å². The van der Waals surface area contributed by atoms with Crippen LogP contribution in [-0.4, -0.2) is 17.9 Å². The smallest absolute Gasteiger partial charge is 0.130 e. The number of fused-ring (bicyclic) bond motifs is 1. The first-order valence-corrected chi connectivity index (χ1v) is 10.7. The Labute approximate surface area is 161 Å². The van der Waals surface area contributed by atoms with E-state index in [0.29, 0.717) is 12.1 Å². The maximum atomic E-state index is 5.00. The molecule has 1 aliphatic carbocycles. The van der Waals surface area contributed by atoms with Crippen LogP contribution in [0.2, 0.25) is 0 Å². The zero-order valence-corrected chi connectivity index (χ0v) is 16.5. The largest absolute Gasteiger partial charge is 0.365 e. The summed E-state index contributed by atoms with van der Waals surface area (Å²) in [7, 11) is 0. The Bertz CT molecular complexity index is 759. The van der Waals surface area contributed by atoms with E-state index in [0.717, 1.165) is 11.6 Å². The normalized spacial score (nSPS) is 22.6. The molecule has 1 N–H and O–H groups in total. The highest BCUT2D eigenvalue weighted by Gasteiger charge is 2.31. The molecule has 0 amide bonds. The SMILES string of the molecule is Ic1ccccc1CSc1ccccc1C1=NC2CCCCC2N1. The van der Waals surface area contributed by atoms with Gasteiger partial charge in [-0.2, -0.15) is 0 Å². The lowest BCUT2D eigenvalue weighted by Gasteiger charge is -2.23. The highest BCUT2D eigenvalue weighted by Crippen LogP contribution is 2.31. The molecule has 2 nitrogen and oxygen atoms in total. The zero-order chi connectivity index (χ0) is 16.4. The Morgan fingerprint density at radius 2 is 1.83 bits per heavy atom. The lowest BCUT2D eigenvalue weighted by molar-refractivity contribution is 0.385. The maximum Gasteiger partial charge on any atom is 0.130 e. The fourth-order valence-corrected chi connectivity index (χ4v) is 5.41. The van der Waals surface area contributed by atoms with E-state index in [9.17, 15) is 0 Å². The molecule has 0 aromatic heterocycles. The standard InChI is InChI=1S/C20H21IN2S/c21-16-9-3-1-7-14(16)13-24-19-12-6-2-8-15(19)20-22-17-10-4-5-11-18(17)23-20/h1-3,6-9,12,17-18H,4-5,10-11,13H2,(H,22,23). The second-order valence-corrected chi connectivity index (χ2v) is 8.64. The minimum atomic E-state index is 0.488. The van der Waals surface area contributed by atoms with Gasteiger partial charge in [-0.1, -0.05) is 49.2 Å². The quantitative estimate of drug-likeness (QED) is 0.511. The van der Waals surface area contributed by atoms with E-state index in [1.54, 1.807) is 0 Å². The van der Waals surface area contributed by atoms with E-state index in [4.69, 9.17) is 4.99 Å². The first-order valence-electron chi connectivity index (χ1n) is 8.61. The first kappa shape index (κ1) is 16.5. The van der Waals surface area contributed by atoms with Crippen molar-refractivity contribution in [1.29, 1.82) is 0 Å². The lowest BCUT2D eigenvalue weighted by atomic mass is 9.92. The highest BCUT2D eigenvalue weighted by atomic mass is 127. The van der Waals surface area contributed by atoms with Crippen molar-refractivity contribution in [3.63, 3.8) is 0 Å². The maximum absolute atomic E-state index is 5.00. The van der Waals surface area contributed by atoms with Crippen LogP contribution in [0.25, 0.3) is 0 Å². The molecule has 0 radical (unpaired) electrons. The molecule has 0 spiro atoms. The van der Waals surface area contributed by atoms with Gasteiger partial charge in [-0.3, -0.25) is 4.99 Å². The molecule has 1 heterocycles. The van der Waals surface area contributed by atoms with Gasteiger partial charge in [0.2, 0.25) is 0 Å². The number of hydrogen-bond donors (Lipinski definition) is 1. The van der Waals surface area contributed by atoms with E-state index in [1.807, 2.05) is 11.8 Å². The highest BCUT2D eigenvalue weighted by molar-refractivity contribution is 14.1. The lowest BCUT2D eigenvalue weighted by Crippen LogP contribution is -2.37. The number of rotatable bonds is 4. The number of benzene rings is 2. The van der Waals surface area contributed by atoms with Gasteiger partial charge >= 0.3 is 0 Å². The van der Waals surface area contributed by atoms with E-state index >= 15 is 0 Å². The van der Waals surface area contributed by atoms with Crippen molar-refractivity contribution in [3.8, 4) is 0 Å². The molecule has 0 bridgehead atoms. The molecule has 2 aliphatic rings. The molecular weight excluding hydrogens is 427 g/mol. The first-order chi connectivity index (χ1) is 11.8. The summed E-state index contributed by atoms with van der Waals surface area (Å²) in [6, 6.07) is 18.3. The molecule has 4 rings (SSSR count). The van der Waals surface area contributed by atoms with Gasteiger partial charge in [0.25, 0.3) is 0 Å². The molecule has 2 aromatic rings. The average Bonchev–Trinajstić information content (AvgIpc) is 3.05. The summed E-state index contributed by atoms with van der Waals surface area (Å²) in [6.07, 6.45) is 5.15. The van der Waals surface area contributed by atoms with Gasteiger partial charge in [0.1, 0.15) is 5.84 Å². The minimum Gasteiger partial charge on any atom is -0.365 e. The third kappa shape index (κ3) is 3.49. The number of aliphatic imine (C=N–C) groups is 1. The van der Waals surface area contributed by atoms with Gasteiger partial charge in [-0.15, -0.1) is 11.8 Å². The van der Waals surface area contributed by atoms with Crippen molar-refractivity contribution in [2.75, 3.05) is 0 Å². The van der Waals surface area contributed by atoms with Gasteiger partial charge in [-0.05, 0) is 53.1 Å². The topological polar surface area (TPSA) is 24.4 Å². The summed E-state index contributed by atoms with van der Waals surface area (Å²) in [4.78, 5) is 6.33. The molecular formula is C20H21IN2S. The average molecular weight is 448 g/mol. The Morgan fingerprint density at radius 1 is 1.04 bits per heavy atom. The van der Waals surface area contributed by atoms with Crippen molar-refractivity contribution in [2.24, 2.45) is 4.99 Å². The summed E-state index contributed by atoms with van der Waals surface area (Å²) in [5.74, 6) is 2.11. The van der Waals surface area contributed by atoms with E-state index in [2.05, 4.69) is 76.4 Å². The van der Waals surface area contributed by atoms with E-state index in [1.165, 1.54) is 45.3 Å². The monoisotopic (exact) mass is 448 g/mol. The molecule has 24 heavy (non-hydrogen) atoms. The number of hydrogen-bond acceptors (Lipinski definition) is 3. The number of halogens is 1. The second kappa shape index (κ2) is 7.48. The van der Waals surface area contributed by atoms with E-state index < -0.39 is 0 Å². The fraction of sp³-hybridized carbons (Fsp3) is 0.350. The summed E-state index contributed by atoms with van der Waals surface area (Å²) >= 11 is 4.33. The summed E-state index contributed by atoms with van der Waals surface area (Å²) < 4.78 is 1.34. The minimum absolute atomic E-state index is 0.488. The van der Waals surface area contributed by atoms with Gasteiger partial charge in [0, 0.05) is 25.8 Å². The molecule has 1 saturated carbocycles. The number of nitrogens with zero attached hydrogens (tertiary/aromatic N) is 1. The molecule has 124 valence electrons. The van der Waals surface area contributed by atoms with Gasteiger partial charge in [-0.25, -0.2) is 0 Å². The number of nitrogens with one attached hydrogen (secondary N) is 1. The van der Waals surface area contributed by atoms with Crippen LogP contribution in [0, 0.1) is 3.57 Å². The second-order valence-electron chi connectivity index (χ2n) is 6.46. The molecule has 0 saturated heterocycles. The summed E-state index contributed by atoms with van der Waals surface area (Å²) in [6.45, 7) is 0. The third-order valence-corrected chi connectivity index (χ3v) is 7.00. The van der Waals surface area contributed by atoms with Crippen molar-refractivity contribution in [3.05, 3.63) is 63.2 Å². The third-order valence-electron chi connectivity index (χ3n) is 4.83. The van der Waals surface area contributed by atoms with Crippen LogP contribution < -0.4 is 5.32 Å². The van der Waals surface area contributed by atoms with Crippen molar-refractivity contribution in [1.82, 2.24) is 5.32 Å².